The maximum absolute atomic E-state index is 12.6. The van der Waals surface area contributed by atoms with Gasteiger partial charge in [-0.15, -0.1) is 0 Å². The molecule has 6 rings (SSSR count). The highest BCUT2D eigenvalue weighted by molar-refractivity contribution is 6.02. The van der Waals surface area contributed by atoms with Crippen LogP contribution in [0.4, 0.5) is 22.1 Å². The molecule has 2 amide bonds. The zero-order valence-corrected chi connectivity index (χ0v) is 24.9. The second-order valence-electron chi connectivity index (χ2n) is 12.7. The summed E-state index contributed by atoms with van der Waals surface area (Å²) in [6.45, 7) is 11.7. The number of aromatic nitrogens is 4. The Morgan fingerprint density at radius 1 is 1.07 bits per heavy atom. The van der Waals surface area contributed by atoms with Crippen molar-refractivity contribution in [3.63, 3.8) is 0 Å². The molecule has 0 radical (unpaired) electrons. The predicted octanol–water partition coefficient (Wildman–Crippen LogP) is 5.39. The van der Waals surface area contributed by atoms with Gasteiger partial charge in [0.05, 0.1) is 5.39 Å². The SMILES string of the molecule is C[C@H]1CN([C@H]2CC[C@H](n3cc(-c4ccc(NC(=O)Nc5cc(C(C)(C)C)on5)cc4)c4c(N)ncnc43)CC2)CCN1. The molecule has 1 aromatic carbocycles. The molecule has 3 aromatic heterocycles. The van der Waals surface area contributed by atoms with Crippen LogP contribution in [0.2, 0.25) is 0 Å². The molecule has 1 aliphatic heterocycles. The van der Waals surface area contributed by atoms with Gasteiger partial charge < -0.3 is 25.5 Å². The van der Waals surface area contributed by atoms with E-state index >= 15 is 0 Å². The van der Waals surface area contributed by atoms with Crippen LogP contribution in [-0.4, -0.2) is 62.3 Å². The Kier molecular flexibility index (Phi) is 7.63. The monoisotopic (exact) mass is 571 g/mol. The number of urea groups is 1. The number of nitrogens with two attached hydrogens (primary N) is 1. The summed E-state index contributed by atoms with van der Waals surface area (Å²) < 4.78 is 7.66. The number of fused-ring (bicyclic) bond motifs is 1. The van der Waals surface area contributed by atoms with Gasteiger partial charge in [-0.05, 0) is 50.3 Å². The number of anilines is 3. The van der Waals surface area contributed by atoms with Gasteiger partial charge >= 0.3 is 6.03 Å². The molecule has 0 unspecified atom stereocenters. The van der Waals surface area contributed by atoms with Gasteiger partial charge in [-0.1, -0.05) is 38.1 Å². The third-order valence-electron chi connectivity index (χ3n) is 8.56. The molecule has 0 spiro atoms. The highest BCUT2D eigenvalue weighted by Gasteiger charge is 2.30. The highest BCUT2D eigenvalue weighted by atomic mass is 16.5. The lowest BCUT2D eigenvalue weighted by atomic mass is 9.89. The molecule has 222 valence electrons. The van der Waals surface area contributed by atoms with Crippen molar-refractivity contribution in [1.82, 2.24) is 29.9 Å². The summed E-state index contributed by atoms with van der Waals surface area (Å²) in [6.07, 6.45) is 8.31. The summed E-state index contributed by atoms with van der Waals surface area (Å²) in [5.41, 5.74) is 9.73. The van der Waals surface area contributed by atoms with E-state index in [9.17, 15) is 4.79 Å². The molecule has 2 aliphatic rings. The van der Waals surface area contributed by atoms with E-state index in [-0.39, 0.29) is 5.41 Å². The summed E-state index contributed by atoms with van der Waals surface area (Å²) in [7, 11) is 0. The van der Waals surface area contributed by atoms with Gasteiger partial charge in [-0.2, -0.15) is 0 Å². The number of carbonyl (C=O) groups excluding carboxylic acids is 1. The van der Waals surface area contributed by atoms with Crippen LogP contribution < -0.4 is 21.7 Å². The number of piperazine rings is 1. The molecule has 1 saturated heterocycles. The van der Waals surface area contributed by atoms with Crippen molar-refractivity contribution in [1.29, 1.82) is 0 Å². The summed E-state index contributed by atoms with van der Waals surface area (Å²) in [5.74, 6) is 1.54. The smallest absolute Gasteiger partial charge is 0.324 e. The van der Waals surface area contributed by atoms with Crippen molar-refractivity contribution in [2.45, 2.75) is 76.9 Å². The number of nitrogens with one attached hydrogen (secondary N) is 3. The van der Waals surface area contributed by atoms with E-state index in [1.54, 1.807) is 12.4 Å². The molecule has 11 nitrogen and oxygen atoms in total. The van der Waals surface area contributed by atoms with Gasteiger partial charge in [0.15, 0.2) is 5.82 Å². The summed E-state index contributed by atoms with van der Waals surface area (Å²) >= 11 is 0. The zero-order valence-electron chi connectivity index (χ0n) is 24.9. The molecule has 42 heavy (non-hydrogen) atoms. The molecule has 2 fully saturated rings. The van der Waals surface area contributed by atoms with Crippen LogP contribution in [0.3, 0.4) is 0 Å². The van der Waals surface area contributed by atoms with Crippen LogP contribution in [0.1, 0.15) is 65.2 Å². The van der Waals surface area contributed by atoms with Crippen LogP contribution in [0.25, 0.3) is 22.2 Å². The Morgan fingerprint density at radius 3 is 2.50 bits per heavy atom. The molecule has 4 aromatic rings. The van der Waals surface area contributed by atoms with E-state index in [2.05, 4.69) is 53.7 Å². The van der Waals surface area contributed by atoms with Crippen LogP contribution in [0.15, 0.2) is 47.4 Å². The van der Waals surface area contributed by atoms with E-state index in [4.69, 9.17) is 10.3 Å². The predicted molar refractivity (Wildman–Crippen MR) is 166 cm³/mol. The topological polar surface area (TPSA) is 139 Å². The van der Waals surface area contributed by atoms with Crippen LogP contribution in [0.5, 0.6) is 0 Å². The Morgan fingerprint density at radius 2 is 1.81 bits per heavy atom. The van der Waals surface area contributed by atoms with E-state index in [0.29, 0.717) is 41.2 Å². The number of nitrogens with zero attached hydrogens (tertiary/aromatic N) is 5. The largest absolute Gasteiger partial charge is 0.383 e. The van der Waals surface area contributed by atoms with Crippen molar-refractivity contribution >= 4 is 34.4 Å². The third kappa shape index (κ3) is 5.84. The molecular formula is C31H41N9O2. The minimum absolute atomic E-state index is 0.194. The number of hydrogen-bond donors (Lipinski definition) is 4. The first kappa shape index (κ1) is 28.2. The fourth-order valence-electron chi connectivity index (χ4n) is 6.30. The Hall–Kier alpha value is -3.96. The number of amides is 2. The number of benzene rings is 1. The second-order valence-corrected chi connectivity index (χ2v) is 12.7. The molecule has 5 N–H and O–H groups in total. The number of hydrogen-bond acceptors (Lipinski definition) is 8. The average molecular weight is 572 g/mol. The second kappa shape index (κ2) is 11.4. The number of nitrogen functional groups attached to an aromatic ring is 1. The van der Waals surface area contributed by atoms with Gasteiger partial charge in [0.2, 0.25) is 0 Å². The lowest BCUT2D eigenvalue weighted by molar-refractivity contribution is 0.107. The lowest BCUT2D eigenvalue weighted by Crippen LogP contribution is -2.53. The Bertz CT molecular complexity index is 1540. The first-order valence-electron chi connectivity index (χ1n) is 14.9. The third-order valence-corrected chi connectivity index (χ3v) is 8.56. The van der Waals surface area contributed by atoms with E-state index in [1.807, 2.05) is 45.0 Å². The van der Waals surface area contributed by atoms with Gasteiger partial charge in [0, 0.05) is 66.7 Å². The highest BCUT2D eigenvalue weighted by Crippen LogP contribution is 2.39. The Labute approximate surface area is 246 Å². The molecule has 11 heteroatoms. The Balaban J connectivity index is 1.16. The first-order valence-corrected chi connectivity index (χ1v) is 14.9. The quantitative estimate of drug-likeness (QED) is 0.250. The van der Waals surface area contributed by atoms with Crippen molar-refractivity contribution in [3.05, 3.63) is 48.6 Å². The average Bonchev–Trinajstić information content (AvgIpc) is 3.60. The normalized spacial score (nSPS) is 21.9. The first-order chi connectivity index (χ1) is 20.2. The number of carbonyl (C=O) groups is 1. The molecule has 1 atom stereocenters. The van der Waals surface area contributed by atoms with Crippen molar-refractivity contribution in [2.75, 3.05) is 36.0 Å². The van der Waals surface area contributed by atoms with E-state index in [0.717, 1.165) is 54.6 Å². The molecule has 1 aliphatic carbocycles. The van der Waals surface area contributed by atoms with Crippen molar-refractivity contribution in [3.8, 4) is 11.1 Å². The standard InChI is InChI=1S/C31H41N9O2/c1-19-16-39(14-13-33-19)22-9-11-23(12-10-22)40-17-24(27-28(32)34-18-35-29(27)40)20-5-7-21(8-6-20)36-30(41)37-26-15-25(42-38-26)31(2,3)4/h5-8,15,17-19,22-23,33H,9-14,16H2,1-4H3,(H2,32,34,35)(H2,36,37,38,41)/t19-,22-,23-/m0/s1. The van der Waals surface area contributed by atoms with Crippen molar-refractivity contribution in [2.24, 2.45) is 0 Å². The molecule has 4 heterocycles. The summed E-state index contributed by atoms with van der Waals surface area (Å²) in [4.78, 5) is 24.2. The van der Waals surface area contributed by atoms with Gasteiger partial charge in [0.1, 0.15) is 23.6 Å². The number of rotatable bonds is 5. The fourth-order valence-corrected chi connectivity index (χ4v) is 6.30. The van der Waals surface area contributed by atoms with Crippen molar-refractivity contribution < 1.29 is 9.32 Å². The molecule has 1 saturated carbocycles. The fraction of sp³-hybridized carbons (Fsp3) is 0.484. The maximum atomic E-state index is 12.6. The van der Waals surface area contributed by atoms with Crippen LogP contribution in [-0.2, 0) is 5.41 Å². The minimum Gasteiger partial charge on any atom is -0.383 e. The van der Waals surface area contributed by atoms with E-state index in [1.165, 1.54) is 12.8 Å². The van der Waals surface area contributed by atoms with Gasteiger partial charge in [-0.3, -0.25) is 10.2 Å². The minimum atomic E-state index is -0.392. The van der Waals surface area contributed by atoms with E-state index < -0.39 is 6.03 Å². The van der Waals surface area contributed by atoms with Gasteiger partial charge in [-0.25, -0.2) is 14.8 Å². The lowest BCUT2D eigenvalue weighted by Gasteiger charge is -2.41. The summed E-state index contributed by atoms with van der Waals surface area (Å²) in [6, 6.07) is 10.6. The molecule has 0 bridgehead atoms. The van der Waals surface area contributed by atoms with Gasteiger partial charge in [0.25, 0.3) is 0 Å². The van der Waals surface area contributed by atoms with Crippen LogP contribution in [0, 0.1) is 0 Å². The molecular weight excluding hydrogens is 530 g/mol. The maximum Gasteiger partial charge on any atom is 0.324 e. The zero-order chi connectivity index (χ0) is 29.4. The van der Waals surface area contributed by atoms with Crippen LogP contribution >= 0.6 is 0 Å². The summed E-state index contributed by atoms with van der Waals surface area (Å²) in [5, 5.41) is 14.0.